The van der Waals surface area contributed by atoms with Gasteiger partial charge in [0.25, 0.3) is 0 Å². The molecule has 0 saturated carbocycles. The summed E-state index contributed by atoms with van der Waals surface area (Å²) in [5, 5.41) is 0. The van der Waals surface area contributed by atoms with E-state index < -0.39 is 17.0 Å². The van der Waals surface area contributed by atoms with Crippen molar-refractivity contribution in [3.63, 3.8) is 0 Å². The van der Waals surface area contributed by atoms with Gasteiger partial charge in [-0.3, -0.25) is 0 Å². The van der Waals surface area contributed by atoms with Crippen LogP contribution in [0.3, 0.4) is 0 Å². The monoisotopic (exact) mass is 236 g/mol. The number of methoxy groups -OCH3 is 2. The number of carbonyl (C=O) groups is 1. The van der Waals surface area contributed by atoms with Gasteiger partial charge < -0.3 is 14.0 Å². The molecule has 1 aromatic rings. The Bertz CT molecular complexity index is 370. The van der Waals surface area contributed by atoms with Crippen LogP contribution in [0.2, 0.25) is 0 Å². The summed E-state index contributed by atoms with van der Waals surface area (Å²) in [5.41, 5.74) is 0. The second-order valence-electron chi connectivity index (χ2n) is 2.21. The molecule has 0 radical (unpaired) electrons. The second-order valence-corrected chi connectivity index (χ2v) is 4.42. The first kappa shape index (κ1) is 11.2. The summed E-state index contributed by atoms with van der Waals surface area (Å²) in [6.45, 7) is 0. The lowest BCUT2D eigenvalue weighted by atomic mass is 10.4. The third kappa shape index (κ3) is 2.11. The highest BCUT2D eigenvalue weighted by Gasteiger charge is 2.18. The summed E-state index contributed by atoms with van der Waals surface area (Å²) in [6.07, 6.45) is 0. The molecule has 1 N–H and O–H groups in total. The number of rotatable bonds is 3. The normalized spacial score (nSPS) is 12.2. The Morgan fingerprint density at radius 3 is 2.57 bits per heavy atom. The highest BCUT2D eigenvalue weighted by atomic mass is 32.2. The first-order chi connectivity index (χ1) is 6.60. The van der Waals surface area contributed by atoms with E-state index in [9.17, 15) is 9.00 Å². The van der Waals surface area contributed by atoms with Crippen molar-refractivity contribution >= 4 is 28.4 Å². The van der Waals surface area contributed by atoms with E-state index in [1.54, 1.807) is 0 Å². The molecule has 14 heavy (non-hydrogen) atoms. The SMILES string of the molecule is COC(=O)c1cc(OC)c(S(=O)O)s1. The van der Waals surface area contributed by atoms with Crippen LogP contribution < -0.4 is 4.74 Å². The van der Waals surface area contributed by atoms with Crippen molar-refractivity contribution in [1.82, 2.24) is 0 Å². The van der Waals surface area contributed by atoms with E-state index in [-0.39, 0.29) is 14.8 Å². The first-order valence-electron chi connectivity index (χ1n) is 3.47. The van der Waals surface area contributed by atoms with Crippen molar-refractivity contribution in [2.24, 2.45) is 0 Å². The van der Waals surface area contributed by atoms with Gasteiger partial charge >= 0.3 is 5.97 Å². The highest BCUT2D eigenvalue weighted by Crippen LogP contribution is 2.31. The Morgan fingerprint density at radius 1 is 1.57 bits per heavy atom. The van der Waals surface area contributed by atoms with Crippen LogP contribution in [0.15, 0.2) is 10.3 Å². The van der Waals surface area contributed by atoms with Gasteiger partial charge in [0.05, 0.1) is 14.2 Å². The molecule has 0 saturated heterocycles. The molecule has 0 aliphatic carbocycles. The largest absolute Gasteiger partial charge is 0.494 e. The zero-order chi connectivity index (χ0) is 10.7. The maximum Gasteiger partial charge on any atom is 0.348 e. The summed E-state index contributed by atoms with van der Waals surface area (Å²) in [7, 11) is 2.60. The first-order valence-corrected chi connectivity index (χ1v) is 5.39. The van der Waals surface area contributed by atoms with Crippen LogP contribution >= 0.6 is 11.3 Å². The standard InChI is InChI=1S/C7H8O5S2/c1-11-4-3-5(6(8)12-2)13-7(4)14(9)10/h3H,1-2H3,(H,9,10). The van der Waals surface area contributed by atoms with Crippen molar-refractivity contribution in [2.75, 3.05) is 14.2 Å². The average Bonchev–Trinajstić information content (AvgIpc) is 2.60. The molecular formula is C7H8O5S2. The summed E-state index contributed by atoms with van der Waals surface area (Å²) < 4.78 is 29.0. The van der Waals surface area contributed by atoms with E-state index in [2.05, 4.69) is 4.74 Å². The van der Waals surface area contributed by atoms with Crippen LogP contribution in [-0.4, -0.2) is 29.0 Å². The van der Waals surface area contributed by atoms with Gasteiger partial charge in [-0.15, -0.1) is 11.3 Å². The predicted octanol–water partition coefficient (Wildman–Crippen LogP) is 1.12. The van der Waals surface area contributed by atoms with Gasteiger partial charge in [0.2, 0.25) is 11.1 Å². The van der Waals surface area contributed by atoms with Crippen LogP contribution in [0.5, 0.6) is 5.75 Å². The van der Waals surface area contributed by atoms with Crippen LogP contribution in [0.1, 0.15) is 9.67 Å². The zero-order valence-electron chi connectivity index (χ0n) is 7.47. The van der Waals surface area contributed by atoms with E-state index in [1.807, 2.05) is 0 Å². The molecule has 1 aromatic heterocycles. The zero-order valence-corrected chi connectivity index (χ0v) is 9.11. The maximum absolute atomic E-state index is 11.1. The Labute approximate surface area is 86.9 Å². The molecule has 5 nitrogen and oxygen atoms in total. The minimum atomic E-state index is -2.15. The van der Waals surface area contributed by atoms with E-state index in [4.69, 9.17) is 9.29 Å². The number of thiophene rings is 1. The third-order valence-electron chi connectivity index (χ3n) is 1.43. The van der Waals surface area contributed by atoms with Crippen molar-refractivity contribution in [2.45, 2.75) is 4.21 Å². The van der Waals surface area contributed by atoms with Gasteiger partial charge in [-0.25, -0.2) is 9.00 Å². The van der Waals surface area contributed by atoms with Crippen molar-refractivity contribution in [3.8, 4) is 5.75 Å². The van der Waals surface area contributed by atoms with Gasteiger partial charge in [0, 0.05) is 6.07 Å². The highest BCUT2D eigenvalue weighted by molar-refractivity contribution is 7.82. The lowest BCUT2D eigenvalue weighted by molar-refractivity contribution is 0.0606. The molecule has 7 heteroatoms. The Morgan fingerprint density at radius 2 is 2.21 bits per heavy atom. The smallest absolute Gasteiger partial charge is 0.348 e. The molecule has 0 fully saturated rings. The van der Waals surface area contributed by atoms with E-state index in [0.29, 0.717) is 0 Å². The van der Waals surface area contributed by atoms with Crippen molar-refractivity contribution in [1.29, 1.82) is 0 Å². The molecule has 0 aliphatic rings. The van der Waals surface area contributed by atoms with E-state index >= 15 is 0 Å². The number of carbonyl (C=O) groups excluding carboxylic acids is 1. The number of esters is 1. The van der Waals surface area contributed by atoms with E-state index in [0.717, 1.165) is 11.3 Å². The van der Waals surface area contributed by atoms with Gasteiger partial charge in [-0.05, 0) is 0 Å². The second kappa shape index (κ2) is 4.54. The molecule has 0 amide bonds. The minimum absolute atomic E-state index is 0.105. The molecule has 0 spiro atoms. The number of ether oxygens (including phenoxy) is 2. The number of hydrogen-bond acceptors (Lipinski definition) is 5. The Kier molecular flexibility index (Phi) is 3.62. The van der Waals surface area contributed by atoms with Gasteiger partial charge in [-0.2, -0.15) is 0 Å². The number of hydrogen-bond donors (Lipinski definition) is 1. The molecule has 78 valence electrons. The van der Waals surface area contributed by atoms with Crippen LogP contribution in [0.4, 0.5) is 0 Å². The fourth-order valence-electron chi connectivity index (χ4n) is 0.823. The minimum Gasteiger partial charge on any atom is -0.494 e. The molecule has 0 aromatic carbocycles. The quantitative estimate of drug-likeness (QED) is 0.629. The molecular weight excluding hydrogens is 228 g/mol. The fraction of sp³-hybridized carbons (Fsp3) is 0.286. The lowest BCUT2D eigenvalue weighted by Crippen LogP contribution is -1.96. The Balaban J connectivity index is 3.13. The summed E-state index contributed by atoms with van der Waals surface area (Å²) in [5.74, 6) is -0.332. The molecule has 0 bridgehead atoms. The average molecular weight is 236 g/mol. The van der Waals surface area contributed by atoms with Crippen molar-refractivity contribution < 1.29 is 23.0 Å². The Hall–Kier alpha value is -0.920. The molecule has 1 unspecified atom stereocenters. The predicted molar refractivity (Wildman–Crippen MR) is 51.2 cm³/mol. The van der Waals surface area contributed by atoms with Gasteiger partial charge in [-0.1, -0.05) is 0 Å². The van der Waals surface area contributed by atoms with Crippen molar-refractivity contribution in [3.05, 3.63) is 10.9 Å². The molecule has 1 heterocycles. The van der Waals surface area contributed by atoms with Crippen LogP contribution in [0.25, 0.3) is 0 Å². The third-order valence-corrected chi connectivity index (χ3v) is 3.52. The summed E-state index contributed by atoms with van der Waals surface area (Å²) in [6, 6.07) is 1.37. The maximum atomic E-state index is 11.1. The fourth-order valence-corrected chi connectivity index (χ4v) is 2.47. The van der Waals surface area contributed by atoms with Gasteiger partial charge in [0.1, 0.15) is 10.6 Å². The van der Waals surface area contributed by atoms with Gasteiger partial charge in [0.15, 0.2) is 4.21 Å². The molecule has 1 atom stereocenters. The van der Waals surface area contributed by atoms with E-state index in [1.165, 1.54) is 20.3 Å². The lowest BCUT2D eigenvalue weighted by Gasteiger charge is -1.95. The summed E-state index contributed by atoms with van der Waals surface area (Å²) in [4.78, 5) is 11.3. The van der Waals surface area contributed by atoms with Crippen LogP contribution in [0, 0.1) is 0 Å². The van der Waals surface area contributed by atoms with Crippen LogP contribution in [-0.2, 0) is 15.8 Å². The topological polar surface area (TPSA) is 72.8 Å². The summed E-state index contributed by atoms with van der Waals surface area (Å²) >= 11 is -1.28. The molecule has 0 aliphatic heterocycles. The molecule has 1 rings (SSSR count).